The third-order valence-electron chi connectivity index (χ3n) is 4.84. The Balaban J connectivity index is 1.85. The Kier molecular flexibility index (Phi) is 8.38. The van der Waals surface area contributed by atoms with Gasteiger partial charge >= 0.3 is 5.97 Å². The molecule has 2 rings (SSSR count). The quantitative estimate of drug-likeness (QED) is 0.637. The number of likely N-dealkylation sites (tertiary alicyclic amines) is 1. The number of hydrogen-bond donors (Lipinski definition) is 1. The zero-order chi connectivity index (χ0) is 20.5. The minimum absolute atomic E-state index is 0.0599. The molecule has 8 heteroatoms. The largest absolute Gasteiger partial charge is 0.496 e. The molecule has 0 saturated carbocycles. The van der Waals surface area contributed by atoms with Gasteiger partial charge in [-0.3, -0.25) is 14.5 Å². The highest BCUT2D eigenvalue weighted by atomic mass is 16.5. The van der Waals surface area contributed by atoms with Crippen LogP contribution in [0.25, 0.3) is 0 Å². The van der Waals surface area contributed by atoms with Crippen molar-refractivity contribution in [3.05, 3.63) is 17.7 Å². The Morgan fingerprint density at radius 2 is 1.64 bits per heavy atom. The van der Waals surface area contributed by atoms with Crippen LogP contribution in [0.1, 0.15) is 25.3 Å². The first-order valence-electron chi connectivity index (χ1n) is 9.46. The van der Waals surface area contributed by atoms with E-state index in [1.54, 1.807) is 33.5 Å². The number of rotatable bonds is 9. The molecule has 1 aliphatic heterocycles. The number of amides is 1. The fourth-order valence-corrected chi connectivity index (χ4v) is 3.27. The molecule has 0 atom stereocenters. The maximum Gasteiger partial charge on any atom is 0.309 e. The maximum absolute atomic E-state index is 12.3. The van der Waals surface area contributed by atoms with Gasteiger partial charge in [-0.2, -0.15) is 0 Å². The summed E-state index contributed by atoms with van der Waals surface area (Å²) in [4.78, 5) is 26.2. The van der Waals surface area contributed by atoms with Crippen molar-refractivity contribution >= 4 is 11.9 Å². The highest BCUT2D eigenvalue weighted by Gasteiger charge is 2.26. The summed E-state index contributed by atoms with van der Waals surface area (Å²) >= 11 is 0. The highest BCUT2D eigenvalue weighted by Crippen LogP contribution is 2.34. The van der Waals surface area contributed by atoms with E-state index in [0.717, 1.165) is 18.4 Å². The van der Waals surface area contributed by atoms with Crippen LogP contribution in [-0.2, 0) is 20.9 Å². The van der Waals surface area contributed by atoms with Gasteiger partial charge in [0, 0.05) is 18.2 Å². The van der Waals surface area contributed by atoms with E-state index in [2.05, 4.69) is 10.2 Å². The van der Waals surface area contributed by atoms with Crippen molar-refractivity contribution in [3.63, 3.8) is 0 Å². The van der Waals surface area contributed by atoms with Gasteiger partial charge in [0.05, 0.1) is 40.4 Å². The van der Waals surface area contributed by atoms with Crippen LogP contribution in [0, 0.1) is 5.92 Å². The number of carbonyl (C=O) groups excluding carboxylic acids is 2. The van der Waals surface area contributed by atoms with Crippen LogP contribution in [0.3, 0.4) is 0 Å². The Hall–Kier alpha value is -2.48. The van der Waals surface area contributed by atoms with Crippen molar-refractivity contribution in [2.75, 3.05) is 47.6 Å². The summed E-state index contributed by atoms with van der Waals surface area (Å²) in [5, 5.41) is 2.92. The summed E-state index contributed by atoms with van der Waals surface area (Å²) in [6, 6.07) is 3.53. The molecule has 8 nitrogen and oxygen atoms in total. The topological polar surface area (TPSA) is 86.3 Å². The fraction of sp³-hybridized carbons (Fsp3) is 0.600. The summed E-state index contributed by atoms with van der Waals surface area (Å²) in [7, 11) is 4.69. The van der Waals surface area contributed by atoms with Crippen LogP contribution in [0.15, 0.2) is 12.1 Å². The molecule has 0 radical (unpaired) electrons. The lowest BCUT2D eigenvalue weighted by Crippen LogP contribution is -2.42. The predicted octanol–water partition coefficient (Wildman–Crippen LogP) is 1.60. The summed E-state index contributed by atoms with van der Waals surface area (Å²) in [5.74, 6) is 1.49. The van der Waals surface area contributed by atoms with Crippen molar-refractivity contribution in [1.82, 2.24) is 10.2 Å². The monoisotopic (exact) mass is 394 g/mol. The number of carbonyl (C=O) groups is 2. The van der Waals surface area contributed by atoms with Crippen molar-refractivity contribution < 1.29 is 28.5 Å². The van der Waals surface area contributed by atoms with E-state index in [9.17, 15) is 9.59 Å². The second-order valence-electron chi connectivity index (χ2n) is 6.60. The van der Waals surface area contributed by atoms with Crippen LogP contribution < -0.4 is 19.5 Å². The molecular formula is C20H30N2O6. The summed E-state index contributed by atoms with van der Waals surface area (Å²) in [5.41, 5.74) is 0.800. The standard InChI is InChI=1S/C20H30N2O6/c1-5-28-20(24)14-6-8-22(9-7-14)13-19(23)21-12-15-10-17(26-3)18(27-4)11-16(15)25-2/h10-11,14H,5-9,12-13H2,1-4H3,(H,21,23). The molecule has 0 spiro atoms. The lowest BCUT2D eigenvalue weighted by atomic mass is 9.97. The molecular weight excluding hydrogens is 364 g/mol. The molecule has 1 fully saturated rings. The number of nitrogens with zero attached hydrogens (tertiary/aromatic N) is 1. The molecule has 1 aliphatic rings. The second kappa shape index (κ2) is 10.8. The molecule has 0 bridgehead atoms. The molecule has 28 heavy (non-hydrogen) atoms. The Labute approximate surface area is 166 Å². The lowest BCUT2D eigenvalue weighted by Gasteiger charge is -2.30. The zero-order valence-electron chi connectivity index (χ0n) is 17.1. The van der Waals surface area contributed by atoms with Crippen molar-refractivity contribution in [3.8, 4) is 17.2 Å². The van der Waals surface area contributed by atoms with Gasteiger partial charge < -0.3 is 24.3 Å². The van der Waals surface area contributed by atoms with Gasteiger partial charge in [-0.05, 0) is 38.9 Å². The fourth-order valence-electron chi connectivity index (χ4n) is 3.27. The van der Waals surface area contributed by atoms with Gasteiger partial charge in [0.1, 0.15) is 5.75 Å². The molecule has 1 aromatic rings. The third kappa shape index (κ3) is 5.76. The number of methoxy groups -OCH3 is 3. The van der Waals surface area contributed by atoms with E-state index in [1.165, 1.54) is 0 Å². The summed E-state index contributed by atoms with van der Waals surface area (Å²) in [6.07, 6.45) is 1.44. The van der Waals surface area contributed by atoms with E-state index in [1.807, 2.05) is 6.92 Å². The van der Waals surface area contributed by atoms with E-state index in [-0.39, 0.29) is 17.8 Å². The number of esters is 1. The SMILES string of the molecule is CCOC(=O)C1CCN(CC(=O)NCc2cc(OC)c(OC)cc2OC)CC1. The maximum atomic E-state index is 12.3. The number of ether oxygens (including phenoxy) is 4. The smallest absolute Gasteiger partial charge is 0.309 e. The molecule has 156 valence electrons. The molecule has 1 heterocycles. The van der Waals surface area contributed by atoms with Crippen LogP contribution in [0.2, 0.25) is 0 Å². The van der Waals surface area contributed by atoms with Gasteiger partial charge in [-0.15, -0.1) is 0 Å². The number of benzene rings is 1. The lowest BCUT2D eigenvalue weighted by molar-refractivity contribution is -0.149. The van der Waals surface area contributed by atoms with Crippen molar-refractivity contribution in [2.24, 2.45) is 5.92 Å². The average Bonchev–Trinajstić information content (AvgIpc) is 2.72. The van der Waals surface area contributed by atoms with Gasteiger partial charge in [0.2, 0.25) is 5.91 Å². The molecule has 1 aromatic carbocycles. The van der Waals surface area contributed by atoms with Crippen LogP contribution in [-0.4, -0.2) is 64.3 Å². The third-order valence-corrected chi connectivity index (χ3v) is 4.84. The molecule has 0 aromatic heterocycles. The number of piperidine rings is 1. The zero-order valence-corrected chi connectivity index (χ0v) is 17.1. The Bertz CT molecular complexity index is 671. The van der Waals surface area contributed by atoms with Crippen LogP contribution in [0.5, 0.6) is 17.2 Å². The van der Waals surface area contributed by atoms with Gasteiger partial charge in [0.15, 0.2) is 11.5 Å². The minimum atomic E-state index is -0.132. The molecule has 0 unspecified atom stereocenters. The van der Waals surface area contributed by atoms with Crippen molar-refractivity contribution in [1.29, 1.82) is 0 Å². The first kappa shape index (κ1) is 21.8. The van der Waals surface area contributed by atoms with E-state index in [4.69, 9.17) is 18.9 Å². The Morgan fingerprint density at radius 3 is 2.21 bits per heavy atom. The first-order valence-corrected chi connectivity index (χ1v) is 9.46. The predicted molar refractivity (Wildman–Crippen MR) is 104 cm³/mol. The minimum Gasteiger partial charge on any atom is -0.496 e. The normalized spacial score (nSPS) is 15.0. The van der Waals surface area contributed by atoms with E-state index < -0.39 is 0 Å². The van der Waals surface area contributed by atoms with Gasteiger partial charge in [-0.25, -0.2) is 0 Å². The molecule has 1 N–H and O–H groups in total. The first-order chi connectivity index (χ1) is 13.5. The van der Waals surface area contributed by atoms with Crippen LogP contribution in [0.4, 0.5) is 0 Å². The molecule has 0 aliphatic carbocycles. The number of nitrogens with one attached hydrogen (secondary N) is 1. The Morgan fingerprint density at radius 1 is 1.04 bits per heavy atom. The van der Waals surface area contributed by atoms with Crippen molar-refractivity contribution in [2.45, 2.75) is 26.3 Å². The van der Waals surface area contributed by atoms with Crippen LogP contribution >= 0.6 is 0 Å². The van der Waals surface area contributed by atoms with Gasteiger partial charge in [-0.1, -0.05) is 0 Å². The summed E-state index contributed by atoms with van der Waals surface area (Å²) in [6.45, 7) is 4.24. The highest BCUT2D eigenvalue weighted by molar-refractivity contribution is 5.78. The molecule has 1 amide bonds. The average molecular weight is 394 g/mol. The molecule has 1 saturated heterocycles. The van der Waals surface area contributed by atoms with E-state index in [0.29, 0.717) is 50.0 Å². The number of hydrogen-bond acceptors (Lipinski definition) is 7. The second-order valence-corrected chi connectivity index (χ2v) is 6.60. The van der Waals surface area contributed by atoms with E-state index >= 15 is 0 Å². The summed E-state index contributed by atoms with van der Waals surface area (Å²) < 4.78 is 21.0. The van der Waals surface area contributed by atoms with Gasteiger partial charge in [0.25, 0.3) is 0 Å².